The number of nitrogens with zero attached hydrogens (tertiary/aromatic N) is 1. The second-order valence-electron chi connectivity index (χ2n) is 4.46. The molecule has 0 saturated heterocycles. The van der Waals surface area contributed by atoms with Crippen LogP contribution in [0.15, 0.2) is 4.99 Å². The molecule has 1 nitrogen and oxygen atoms in total. The van der Waals surface area contributed by atoms with Crippen LogP contribution in [0.3, 0.4) is 0 Å². The van der Waals surface area contributed by atoms with Crippen LogP contribution in [0.4, 0.5) is 0 Å². The minimum atomic E-state index is 0.842. The number of thioether (sulfide) groups is 1. The molecule has 0 amide bonds. The Balaban J connectivity index is 1.85. The van der Waals surface area contributed by atoms with Crippen molar-refractivity contribution in [3.8, 4) is 0 Å². The van der Waals surface area contributed by atoms with Crippen molar-refractivity contribution >= 4 is 34.0 Å². The summed E-state index contributed by atoms with van der Waals surface area (Å²) in [6, 6.07) is 0. The second-order valence-corrected chi connectivity index (χ2v) is 6.07. The summed E-state index contributed by atoms with van der Waals surface area (Å²) in [5.41, 5.74) is 1.32. The predicted molar refractivity (Wildman–Crippen MR) is 79.7 cm³/mol. The minimum Gasteiger partial charge on any atom is -0.238 e. The fourth-order valence-corrected chi connectivity index (χ4v) is 2.93. The second kappa shape index (κ2) is 9.17. The molecule has 1 aliphatic heterocycles. The molecule has 3 heteroatoms. The first-order valence-corrected chi connectivity index (χ1v) is 7.95. The maximum absolute atomic E-state index is 5.03. The number of unbranched alkanes of at least 4 members (excludes halogenated alkanes) is 7. The van der Waals surface area contributed by atoms with Gasteiger partial charge in [0, 0.05) is 11.5 Å². The topological polar surface area (TPSA) is 12.4 Å². The van der Waals surface area contributed by atoms with Crippen molar-refractivity contribution in [3.05, 3.63) is 0 Å². The van der Waals surface area contributed by atoms with Crippen molar-refractivity contribution in [1.29, 1.82) is 0 Å². The van der Waals surface area contributed by atoms with E-state index in [1.807, 2.05) is 0 Å². The van der Waals surface area contributed by atoms with Crippen LogP contribution >= 0.6 is 24.0 Å². The highest BCUT2D eigenvalue weighted by molar-refractivity contribution is 8.23. The van der Waals surface area contributed by atoms with Crippen molar-refractivity contribution in [2.75, 3.05) is 5.75 Å². The van der Waals surface area contributed by atoms with Gasteiger partial charge in [0.1, 0.15) is 0 Å². The summed E-state index contributed by atoms with van der Waals surface area (Å²) >= 11 is 6.74. The summed E-state index contributed by atoms with van der Waals surface area (Å²) in [7, 11) is 0. The van der Waals surface area contributed by atoms with E-state index in [-0.39, 0.29) is 0 Å². The maximum Gasteiger partial charge on any atom is 0.160 e. The van der Waals surface area contributed by atoms with Crippen molar-refractivity contribution in [2.24, 2.45) is 4.99 Å². The fraction of sp³-hybridized carbons (Fsp3) is 0.846. The molecule has 0 spiro atoms. The Morgan fingerprint density at radius 1 is 1.06 bits per heavy atom. The molecule has 0 aromatic carbocycles. The molecular weight excluding hydrogens is 234 g/mol. The van der Waals surface area contributed by atoms with Crippen molar-refractivity contribution in [3.63, 3.8) is 0 Å². The molecule has 1 heterocycles. The zero-order chi connectivity index (χ0) is 11.6. The molecule has 0 radical (unpaired) electrons. The predicted octanol–water partition coefficient (Wildman–Crippen LogP) is 4.99. The third-order valence-corrected chi connectivity index (χ3v) is 4.19. The Labute approximate surface area is 109 Å². The summed E-state index contributed by atoms with van der Waals surface area (Å²) < 4.78 is 0.842. The smallest absolute Gasteiger partial charge is 0.160 e. The Bertz CT molecular complexity index is 236. The minimum absolute atomic E-state index is 0.842. The molecule has 0 N–H and O–H groups in total. The van der Waals surface area contributed by atoms with Crippen LogP contribution in [0.2, 0.25) is 0 Å². The average molecular weight is 257 g/mol. The normalized spacial score (nSPS) is 15.6. The number of rotatable bonds is 9. The van der Waals surface area contributed by atoms with Gasteiger partial charge < -0.3 is 0 Å². The first-order valence-electron chi connectivity index (χ1n) is 6.56. The fourth-order valence-electron chi connectivity index (χ4n) is 1.93. The third kappa shape index (κ3) is 6.64. The Hall–Kier alpha value is 0.110. The standard InChI is InChI=1S/C13H23NS2/c1-2-3-4-5-6-7-8-9-10-12-11-16-13(15)14-12/h2-11H2,1H3. The van der Waals surface area contributed by atoms with E-state index >= 15 is 0 Å². The van der Waals surface area contributed by atoms with Crippen LogP contribution in [-0.4, -0.2) is 15.8 Å². The van der Waals surface area contributed by atoms with E-state index in [1.165, 1.54) is 63.5 Å². The first kappa shape index (κ1) is 14.2. The summed E-state index contributed by atoms with van der Waals surface area (Å²) in [5, 5.41) is 0. The molecular formula is C13H23NS2. The number of aliphatic imine (C=N–C) groups is 1. The summed E-state index contributed by atoms with van der Waals surface area (Å²) in [5.74, 6) is 1.05. The molecule has 0 unspecified atom stereocenters. The van der Waals surface area contributed by atoms with Crippen LogP contribution < -0.4 is 0 Å². The van der Waals surface area contributed by atoms with Crippen LogP contribution in [-0.2, 0) is 0 Å². The monoisotopic (exact) mass is 257 g/mol. The number of thiocarbonyl (C=S) groups is 1. The van der Waals surface area contributed by atoms with Gasteiger partial charge in [0.15, 0.2) is 4.32 Å². The Morgan fingerprint density at radius 3 is 2.25 bits per heavy atom. The van der Waals surface area contributed by atoms with Crippen molar-refractivity contribution in [1.82, 2.24) is 0 Å². The molecule has 16 heavy (non-hydrogen) atoms. The average Bonchev–Trinajstić information content (AvgIpc) is 2.68. The summed E-state index contributed by atoms with van der Waals surface area (Å²) in [6.45, 7) is 2.27. The van der Waals surface area contributed by atoms with E-state index in [0.29, 0.717) is 0 Å². The lowest BCUT2D eigenvalue weighted by molar-refractivity contribution is 0.580. The van der Waals surface area contributed by atoms with Gasteiger partial charge in [-0.25, -0.2) is 4.99 Å². The summed E-state index contributed by atoms with van der Waals surface area (Å²) in [4.78, 5) is 4.36. The third-order valence-electron chi connectivity index (χ3n) is 2.93. The molecule has 0 fully saturated rings. The number of hydrogen-bond acceptors (Lipinski definition) is 2. The lowest BCUT2D eigenvalue weighted by Gasteiger charge is -2.01. The zero-order valence-electron chi connectivity index (χ0n) is 10.3. The first-order chi connectivity index (χ1) is 7.83. The van der Waals surface area contributed by atoms with Gasteiger partial charge in [-0.1, -0.05) is 75.8 Å². The van der Waals surface area contributed by atoms with Crippen LogP contribution in [0, 0.1) is 0 Å². The van der Waals surface area contributed by atoms with Crippen LogP contribution in [0.25, 0.3) is 0 Å². The molecule has 1 rings (SSSR count). The molecule has 92 valence electrons. The molecule has 0 aliphatic carbocycles. The lowest BCUT2D eigenvalue weighted by Crippen LogP contribution is -1.96. The lowest BCUT2D eigenvalue weighted by atomic mass is 10.1. The van der Waals surface area contributed by atoms with Crippen LogP contribution in [0.1, 0.15) is 64.7 Å². The maximum atomic E-state index is 5.03. The summed E-state index contributed by atoms with van der Waals surface area (Å²) in [6.07, 6.45) is 12.3. The van der Waals surface area contributed by atoms with Gasteiger partial charge in [0.25, 0.3) is 0 Å². The van der Waals surface area contributed by atoms with Gasteiger partial charge in [0.2, 0.25) is 0 Å². The SMILES string of the molecule is CCCCCCCCCCC1=NC(=S)SC1. The van der Waals surface area contributed by atoms with Gasteiger partial charge in [0.05, 0.1) is 0 Å². The van der Waals surface area contributed by atoms with Gasteiger partial charge >= 0.3 is 0 Å². The van der Waals surface area contributed by atoms with Gasteiger partial charge in [-0.15, -0.1) is 0 Å². The van der Waals surface area contributed by atoms with E-state index in [9.17, 15) is 0 Å². The van der Waals surface area contributed by atoms with Crippen molar-refractivity contribution < 1.29 is 0 Å². The van der Waals surface area contributed by atoms with E-state index in [4.69, 9.17) is 12.2 Å². The molecule has 0 bridgehead atoms. The van der Waals surface area contributed by atoms with Crippen molar-refractivity contribution in [2.45, 2.75) is 64.7 Å². The van der Waals surface area contributed by atoms with E-state index in [0.717, 1.165) is 10.1 Å². The molecule has 1 aliphatic rings. The molecule has 0 aromatic rings. The molecule has 0 aromatic heterocycles. The van der Waals surface area contributed by atoms with E-state index in [2.05, 4.69) is 11.9 Å². The van der Waals surface area contributed by atoms with Crippen LogP contribution in [0.5, 0.6) is 0 Å². The Kier molecular flexibility index (Phi) is 8.12. The number of hydrogen-bond donors (Lipinski definition) is 0. The Morgan fingerprint density at radius 2 is 1.69 bits per heavy atom. The quantitative estimate of drug-likeness (QED) is 0.426. The molecule has 0 atom stereocenters. The van der Waals surface area contributed by atoms with E-state index < -0.39 is 0 Å². The highest BCUT2D eigenvalue weighted by Gasteiger charge is 2.10. The van der Waals surface area contributed by atoms with Gasteiger partial charge in [-0.2, -0.15) is 0 Å². The van der Waals surface area contributed by atoms with Gasteiger partial charge in [-0.05, 0) is 12.8 Å². The largest absolute Gasteiger partial charge is 0.238 e. The molecule has 0 saturated carbocycles. The van der Waals surface area contributed by atoms with E-state index in [1.54, 1.807) is 11.8 Å². The highest BCUT2D eigenvalue weighted by atomic mass is 32.2. The van der Waals surface area contributed by atoms with Gasteiger partial charge in [-0.3, -0.25) is 0 Å². The highest BCUT2D eigenvalue weighted by Crippen LogP contribution is 2.18. The zero-order valence-corrected chi connectivity index (χ0v) is 12.0.